The van der Waals surface area contributed by atoms with E-state index in [0.717, 1.165) is 41.5 Å². The molecule has 0 aromatic carbocycles. The predicted molar refractivity (Wildman–Crippen MR) is 98.3 cm³/mol. The second-order valence-corrected chi connectivity index (χ2v) is 7.78. The number of imidazole rings is 1. The van der Waals surface area contributed by atoms with Gasteiger partial charge >= 0.3 is 0 Å². The van der Waals surface area contributed by atoms with Crippen molar-refractivity contribution in [2.24, 2.45) is 0 Å². The molecule has 138 valence electrons. The van der Waals surface area contributed by atoms with Gasteiger partial charge in [0.15, 0.2) is 17.0 Å². The molecule has 1 N–H and O–H groups in total. The van der Waals surface area contributed by atoms with Gasteiger partial charge in [-0.15, -0.1) is 0 Å². The molecule has 0 bridgehead atoms. The van der Waals surface area contributed by atoms with Crippen LogP contribution in [0.15, 0.2) is 11.0 Å². The Balaban J connectivity index is 1.80. The molecule has 0 radical (unpaired) electrons. The number of hydrogen-bond donors (Lipinski definition) is 1. The Morgan fingerprint density at radius 1 is 1.15 bits per heavy atom. The van der Waals surface area contributed by atoms with Gasteiger partial charge < -0.3 is 14.8 Å². The van der Waals surface area contributed by atoms with Crippen LogP contribution < -0.4 is 10.2 Å². The fourth-order valence-electron chi connectivity index (χ4n) is 3.14. The van der Waals surface area contributed by atoms with Crippen LogP contribution >= 0.6 is 0 Å². The zero-order valence-corrected chi connectivity index (χ0v) is 15.7. The van der Waals surface area contributed by atoms with E-state index in [4.69, 9.17) is 14.6 Å². The molecule has 1 fully saturated rings. The van der Waals surface area contributed by atoms with Gasteiger partial charge in [0.1, 0.15) is 11.4 Å². The Kier molecular flexibility index (Phi) is 4.01. The maximum atomic E-state index is 4.81. The lowest BCUT2D eigenvalue weighted by Crippen LogP contribution is -2.28. The number of aromatic nitrogens is 6. The minimum atomic E-state index is -0.132. The van der Waals surface area contributed by atoms with Crippen LogP contribution in [0, 0.1) is 6.92 Å². The summed E-state index contributed by atoms with van der Waals surface area (Å²) in [6, 6.07) is 0. The molecule has 9 nitrogen and oxygen atoms in total. The third-order valence-electron chi connectivity index (χ3n) is 4.40. The highest BCUT2D eigenvalue weighted by molar-refractivity contribution is 5.85. The van der Waals surface area contributed by atoms with Gasteiger partial charge in [0, 0.05) is 18.6 Å². The first kappa shape index (κ1) is 16.7. The molecule has 0 unspecified atom stereocenters. The normalized spacial score (nSPS) is 15.2. The number of hydrogen-bond acceptors (Lipinski definition) is 8. The van der Waals surface area contributed by atoms with Crippen LogP contribution in [0.2, 0.25) is 0 Å². The zero-order valence-electron chi connectivity index (χ0n) is 15.7. The van der Waals surface area contributed by atoms with Gasteiger partial charge in [-0.3, -0.25) is 0 Å². The summed E-state index contributed by atoms with van der Waals surface area (Å²) >= 11 is 0. The molecular weight excluding hydrogens is 332 g/mol. The van der Waals surface area contributed by atoms with Crippen molar-refractivity contribution >= 4 is 22.9 Å². The summed E-state index contributed by atoms with van der Waals surface area (Å²) in [6.07, 6.45) is 4.14. The highest BCUT2D eigenvalue weighted by Gasteiger charge is 2.23. The molecular formula is C17H24N8O. The Hall–Kier alpha value is -2.71. The van der Waals surface area contributed by atoms with Crippen molar-refractivity contribution in [1.29, 1.82) is 0 Å². The van der Waals surface area contributed by atoms with Crippen LogP contribution in [0.1, 0.15) is 45.0 Å². The summed E-state index contributed by atoms with van der Waals surface area (Å²) in [4.78, 5) is 16.4. The molecule has 0 aliphatic carbocycles. The van der Waals surface area contributed by atoms with Gasteiger partial charge in [0.05, 0.1) is 12.9 Å². The van der Waals surface area contributed by atoms with Crippen LogP contribution in [0.5, 0.6) is 0 Å². The largest absolute Gasteiger partial charge is 0.355 e. The van der Waals surface area contributed by atoms with Gasteiger partial charge in [0.2, 0.25) is 5.95 Å². The topological polar surface area (TPSA) is 97.8 Å². The number of fused-ring (bicyclic) bond motifs is 1. The molecule has 9 heteroatoms. The van der Waals surface area contributed by atoms with E-state index in [2.05, 4.69) is 46.3 Å². The van der Waals surface area contributed by atoms with Crippen LogP contribution in [-0.4, -0.2) is 48.5 Å². The summed E-state index contributed by atoms with van der Waals surface area (Å²) in [7, 11) is 0. The average Bonchev–Trinajstić information content (AvgIpc) is 3.28. The zero-order chi connectivity index (χ0) is 18.3. The quantitative estimate of drug-likeness (QED) is 0.761. The van der Waals surface area contributed by atoms with E-state index < -0.39 is 0 Å². The fourth-order valence-corrected chi connectivity index (χ4v) is 3.14. The standard InChI is InChI=1S/C17H24N8O/c1-11-12(23-26-22-11)9-25-10-18-13-14(24-7-5-6-8-24)19-16(20-15(13)25)21-17(2,3)4/h10H,5-9H2,1-4H3,(H,19,20,21). The molecule has 4 heterocycles. The number of anilines is 2. The first-order valence-corrected chi connectivity index (χ1v) is 8.95. The summed E-state index contributed by atoms with van der Waals surface area (Å²) < 4.78 is 6.78. The predicted octanol–water partition coefficient (Wildman–Crippen LogP) is 2.38. The van der Waals surface area contributed by atoms with Gasteiger partial charge in [-0.25, -0.2) is 9.61 Å². The van der Waals surface area contributed by atoms with Crippen molar-refractivity contribution in [1.82, 2.24) is 29.8 Å². The van der Waals surface area contributed by atoms with E-state index >= 15 is 0 Å². The molecule has 26 heavy (non-hydrogen) atoms. The second kappa shape index (κ2) is 6.22. The summed E-state index contributed by atoms with van der Waals surface area (Å²) in [5.41, 5.74) is 3.02. The lowest BCUT2D eigenvalue weighted by molar-refractivity contribution is 0.300. The van der Waals surface area contributed by atoms with E-state index in [0.29, 0.717) is 12.5 Å². The molecule has 0 spiro atoms. The van der Waals surface area contributed by atoms with Crippen molar-refractivity contribution < 1.29 is 4.63 Å². The van der Waals surface area contributed by atoms with Gasteiger partial charge in [-0.1, -0.05) is 10.3 Å². The smallest absolute Gasteiger partial charge is 0.227 e. The fraction of sp³-hybridized carbons (Fsp3) is 0.588. The lowest BCUT2D eigenvalue weighted by Gasteiger charge is -2.23. The number of aryl methyl sites for hydroxylation is 1. The van der Waals surface area contributed by atoms with E-state index in [1.807, 2.05) is 11.5 Å². The highest BCUT2D eigenvalue weighted by Crippen LogP contribution is 2.28. The van der Waals surface area contributed by atoms with Gasteiger partial charge in [0.25, 0.3) is 0 Å². The molecule has 3 aromatic heterocycles. The third-order valence-corrected chi connectivity index (χ3v) is 4.40. The molecule has 1 saturated heterocycles. The minimum absolute atomic E-state index is 0.132. The maximum Gasteiger partial charge on any atom is 0.227 e. The van der Waals surface area contributed by atoms with Crippen LogP contribution in [0.3, 0.4) is 0 Å². The summed E-state index contributed by atoms with van der Waals surface area (Å²) in [6.45, 7) is 10.7. The molecule has 1 aliphatic rings. The average molecular weight is 356 g/mol. The van der Waals surface area contributed by atoms with E-state index in [9.17, 15) is 0 Å². The van der Waals surface area contributed by atoms with Crippen LogP contribution in [0.25, 0.3) is 11.2 Å². The minimum Gasteiger partial charge on any atom is -0.355 e. The first-order valence-electron chi connectivity index (χ1n) is 8.95. The molecule has 4 rings (SSSR count). The van der Waals surface area contributed by atoms with Crippen molar-refractivity contribution in [3.05, 3.63) is 17.7 Å². The Morgan fingerprint density at radius 3 is 2.58 bits per heavy atom. The molecule has 3 aromatic rings. The third kappa shape index (κ3) is 3.21. The van der Waals surface area contributed by atoms with E-state index in [1.54, 1.807) is 6.33 Å². The second-order valence-electron chi connectivity index (χ2n) is 7.78. The van der Waals surface area contributed by atoms with Crippen LogP contribution in [-0.2, 0) is 6.54 Å². The Bertz CT molecular complexity index is 917. The Labute approximate surface area is 151 Å². The van der Waals surface area contributed by atoms with Gasteiger partial charge in [-0.2, -0.15) is 9.97 Å². The van der Waals surface area contributed by atoms with E-state index in [-0.39, 0.29) is 5.54 Å². The first-order chi connectivity index (χ1) is 12.4. The Morgan fingerprint density at radius 2 is 1.92 bits per heavy atom. The van der Waals surface area contributed by atoms with Crippen LogP contribution in [0.4, 0.5) is 11.8 Å². The van der Waals surface area contributed by atoms with Crippen molar-refractivity contribution in [2.45, 2.75) is 52.6 Å². The molecule has 0 saturated carbocycles. The number of rotatable bonds is 4. The van der Waals surface area contributed by atoms with Gasteiger partial charge in [-0.05, 0) is 40.5 Å². The van der Waals surface area contributed by atoms with Crippen molar-refractivity contribution in [3.63, 3.8) is 0 Å². The summed E-state index contributed by atoms with van der Waals surface area (Å²) in [5.74, 6) is 1.51. The number of nitrogens with one attached hydrogen (secondary N) is 1. The molecule has 1 aliphatic heterocycles. The van der Waals surface area contributed by atoms with E-state index in [1.165, 1.54) is 12.8 Å². The maximum absolute atomic E-state index is 4.81. The monoisotopic (exact) mass is 356 g/mol. The van der Waals surface area contributed by atoms with Crippen molar-refractivity contribution in [3.8, 4) is 0 Å². The molecule has 0 atom stereocenters. The molecule has 0 amide bonds. The summed E-state index contributed by atoms with van der Waals surface area (Å²) in [5, 5.41) is 11.2. The number of nitrogens with zero attached hydrogens (tertiary/aromatic N) is 7. The SMILES string of the molecule is Cc1nonc1Cn1cnc2c(N3CCCC3)nc(NC(C)(C)C)nc21. The van der Waals surface area contributed by atoms with Crippen molar-refractivity contribution in [2.75, 3.05) is 23.3 Å². The lowest BCUT2D eigenvalue weighted by atomic mass is 10.1. The highest BCUT2D eigenvalue weighted by atomic mass is 16.6.